The molecule has 0 saturated heterocycles. The topological polar surface area (TPSA) is 17.1 Å². The van der Waals surface area contributed by atoms with Crippen molar-refractivity contribution in [1.82, 2.24) is 0 Å². The third kappa shape index (κ3) is 3.47. The molecule has 0 radical (unpaired) electrons. The van der Waals surface area contributed by atoms with Crippen molar-refractivity contribution in [2.75, 3.05) is 5.33 Å². The van der Waals surface area contributed by atoms with Crippen LogP contribution in [0.15, 0.2) is 18.2 Å². The standard InChI is InChI=1S/C9H7BrI2O/c10-5-7(13)4-6-2-1-3-8(11)9(6)12/h1-3H,4-5H2. The van der Waals surface area contributed by atoms with Crippen molar-refractivity contribution in [1.29, 1.82) is 0 Å². The van der Waals surface area contributed by atoms with Crippen molar-refractivity contribution in [2.45, 2.75) is 6.42 Å². The van der Waals surface area contributed by atoms with Crippen LogP contribution in [0, 0.1) is 7.14 Å². The minimum atomic E-state index is 0.222. The largest absolute Gasteiger partial charge is 0.298 e. The minimum absolute atomic E-state index is 0.222. The molecule has 0 unspecified atom stereocenters. The van der Waals surface area contributed by atoms with E-state index < -0.39 is 0 Å². The summed E-state index contributed by atoms with van der Waals surface area (Å²) >= 11 is 7.72. The van der Waals surface area contributed by atoms with Crippen molar-refractivity contribution in [2.24, 2.45) is 0 Å². The van der Waals surface area contributed by atoms with Crippen LogP contribution in [0.25, 0.3) is 0 Å². The van der Waals surface area contributed by atoms with Gasteiger partial charge >= 0.3 is 0 Å². The van der Waals surface area contributed by atoms with Crippen LogP contribution < -0.4 is 0 Å². The van der Waals surface area contributed by atoms with Gasteiger partial charge in [-0.3, -0.25) is 4.79 Å². The molecular weight excluding hydrogens is 458 g/mol. The smallest absolute Gasteiger partial charge is 0.147 e. The molecule has 0 amide bonds. The van der Waals surface area contributed by atoms with Gasteiger partial charge in [-0.05, 0) is 56.8 Å². The first-order valence-corrected chi connectivity index (χ1v) is 6.93. The van der Waals surface area contributed by atoms with Gasteiger partial charge in [0.15, 0.2) is 0 Å². The number of carbonyl (C=O) groups is 1. The molecule has 1 aromatic carbocycles. The lowest BCUT2D eigenvalue weighted by atomic mass is 10.1. The number of benzene rings is 1. The van der Waals surface area contributed by atoms with E-state index in [4.69, 9.17) is 0 Å². The van der Waals surface area contributed by atoms with E-state index in [0.717, 1.165) is 5.56 Å². The van der Waals surface area contributed by atoms with Crippen molar-refractivity contribution >= 4 is 66.9 Å². The minimum Gasteiger partial charge on any atom is -0.298 e. The van der Waals surface area contributed by atoms with E-state index in [2.05, 4.69) is 61.1 Å². The van der Waals surface area contributed by atoms with Crippen LogP contribution in [0.4, 0.5) is 0 Å². The Morgan fingerprint density at radius 3 is 2.69 bits per heavy atom. The van der Waals surface area contributed by atoms with Gasteiger partial charge in [0, 0.05) is 13.6 Å². The predicted molar refractivity (Wildman–Crippen MR) is 74.4 cm³/mol. The quantitative estimate of drug-likeness (QED) is 0.495. The van der Waals surface area contributed by atoms with E-state index in [1.807, 2.05) is 18.2 Å². The zero-order chi connectivity index (χ0) is 9.84. The van der Waals surface area contributed by atoms with Crippen LogP contribution >= 0.6 is 61.1 Å². The van der Waals surface area contributed by atoms with E-state index in [-0.39, 0.29) is 5.78 Å². The number of hydrogen-bond donors (Lipinski definition) is 0. The fourth-order valence-electron chi connectivity index (χ4n) is 0.945. The SMILES string of the molecule is O=C(CBr)Cc1cccc(I)c1I. The molecule has 0 bridgehead atoms. The van der Waals surface area contributed by atoms with E-state index in [9.17, 15) is 4.79 Å². The second-order valence-electron chi connectivity index (χ2n) is 2.56. The molecule has 1 aromatic rings. The Balaban J connectivity index is 2.89. The third-order valence-electron chi connectivity index (χ3n) is 1.57. The zero-order valence-electron chi connectivity index (χ0n) is 6.69. The molecule has 0 fully saturated rings. The number of rotatable bonds is 3. The molecule has 0 aliphatic carbocycles. The maximum atomic E-state index is 11.2. The molecule has 0 aliphatic rings. The molecule has 0 N–H and O–H groups in total. The van der Waals surface area contributed by atoms with Gasteiger partial charge in [-0.2, -0.15) is 0 Å². The lowest BCUT2D eigenvalue weighted by Crippen LogP contribution is -2.05. The lowest BCUT2D eigenvalue weighted by Gasteiger charge is -2.03. The van der Waals surface area contributed by atoms with E-state index in [0.29, 0.717) is 11.8 Å². The van der Waals surface area contributed by atoms with Gasteiger partial charge in [-0.25, -0.2) is 0 Å². The summed E-state index contributed by atoms with van der Waals surface area (Å²) in [5, 5.41) is 0.439. The molecule has 0 heterocycles. The normalized spacial score (nSPS) is 10.1. The Morgan fingerprint density at radius 1 is 1.38 bits per heavy atom. The van der Waals surface area contributed by atoms with E-state index in [1.165, 1.54) is 7.14 Å². The second-order valence-corrected chi connectivity index (χ2v) is 5.36. The van der Waals surface area contributed by atoms with Crippen LogP contribution in [-0.4, -0.2) is 11.1 Å². The predicted octanol–water partition coefficient (Wildman–Crippen LogP) is 3.40. The first-order chi connectivity index (χ1) is 6.15. The van der Waals surface area contributed by atoms with Crippen LogP contribution in [-0.2, 0) is 11.2 Å². The molecule has 0 atom stereocenters. The fourth-order valence-corrected chi connectivity index (χ4v) is 2.25. The highest BCUT2D eigenvalue weighted by Gasteiger charge is 2.06. The highest BCUT2D eigenvalue weighted by molar-refractivity contribution is 14.1. The molecule has 1 nitrogen and oxygen atoms in total. The molecule has 13 heavy (non-hydrogen) atoms. The molecule has 1 rings (SSSR count). The van der Waals surface area contributed by atoms with Crippen molar-refractivity contribution in [3.63, 3.8) is 0 Å². The van der Waals surface area contributed by atoms with E-state index in [1.54, 1.807) is 0 Å². The van der Waals surface area contributed by atoms with Gasteiger partial charge in [-0.15, -0.1) is 0 Å². The second kappa shape index (κ2) is 5.65. The number of Topliss-reactive ketones (excluding diaryl/α,β-unsaturated/α-hetero) is 1. The van der Waals surface area contributed by atoms with Gasteiger partial charge in [-0.1, -0.05) is 28.1 Å². The third-order valence-corrected chi connectivity index (χ3v) is 5.40. The molecule has 0 aromatic heterocycles. The van der Waals surface area contributed by atoms with E-state index >= 15 is 0 Å². The Morgan fingerprint density at radius 2 is 2.08 bits per heavy atom. The first kappa shape index (κ1) is 11.9. The highest BCUT2D eigenvalue weighted by atomic mass is 127. The van der Waals surface area contributed by atoms with Gasteiger partial charge in [0.25, 0.3) is 0 Å². The van der Waals surface area contributed by atoms with Crippen LogP contribution in [0.2, 0.25) is 0 Å². The van der Waals surface area contributed by atoms with Crippen LogP contribution in [0.1, 0.15) is 5.56 Å². The van der Waals surface area contributed by atoms with Crippen molar-refractivity contribution < 1.29 is 4.79 Å². The maximum Gasteiger partial charge on any atom is 0.147 e. The van der Waals surface area contributed by atoms with Crippen molar-refractivity contribution in [3.8, 4) is 0 Å². The Kier molecular flexibility index (Phi) is 5.17. The summed E-state index contributed by atoms with van der Waals surface area (Å²) in [6.07, 6.45) is 0.528. The zero-order valence-corrected chi connectivity index (χ0v) is 12.6. The number of halogens is 3. The van der Waals surface area contributed by atoms with Gasteiger partial charge in [0.1, 0.15) is 5.78 Å². The first-order valence-electron chi connectivity index (χ1n) is 3.65. The molecule has 0 saturated carbocycles. The van der Waals surface area contributed by atoms with Gasteiger partial charge in [0.05, 0.1) is 5.33 Å². The van der Waals surface area contributed by atoms with Crippen LogP contribution in [0.3, 0.4) is 0 Å². The van der Waals surface area contributed by atoms with Gasteiger partial charge < -0.3 is 0 Å². The average Bonchev–Trinajstić information content (AvgIpc) is 2.13. The summed E-state index contributed by atoms with van der Waals surface area (Å²) in [5.74, 6) is 0.222. The summed E-state index contributed by atoms with van der Waals surface area (Å²) in [5.41, 5.74) is 1.12. The summed E-state index contributed by atoms with van der Waals surface area (Å²) in [6, 6.07) is 6.04. The molecule has 4 heteroatoms. The fraction of sp³-hybridized carbons (Fsp3) is 0.222. The number of ketones is 1. The monoisotopic (exact) mass is 464 g/mol. The lowest BCUT2D eigenvalue weighted by molar-refractivity contribution is -0.115. The summed E-state index contributed by atoms with van der Waals surface area (Å²) < 4.78 is 2.40. The Labute approximate surface area is 113 Å². The van der Waals surface area contributed by atoms with Crippen LogP contribution in [0.5, 0.6) is 0 Å². The van der Waals surface area contributed by atoms with Crippen molar-refractivity contribution in [3.05, 3.63) is 30.9 Å². The number of alkyl halides is 1. The number of hydrogen-bond acceptors (Lipinski definition) is 1. The highest BCUT2D eigenvalue weighted by Crippen LogP contribution is 2.19. The summed E-state index contributed by atoms with van der Waals surface area (Å²) in [6.45, 7) is 0. The summed E-state index contributed by atoms with van der Waals surface area (Å²) in [7, 11) is 0. The van der Waals surface area contributed by atoms with Gasteiger partial charge in [0.2, 0.25) is 0 Å². The molecule has 0 aliphatic heterocycles. The average molecular weight is 465 g/mol. The summed E-state index contributed by atoms with van der Waals surface area (Å²) in [4.78, 5) is 11.2. The Hall–Kier alpha value is 0.830. The molecule has 0 spiro atoms. The molecule has 70 valence electrons. The number of carbonyl (C=O) groups excluding carboxylic acids is 1. The maximum absolute atomic E-state index is 11.2. The molecular formula is C9H7BrI2O. The Bertz CT molecular complexity index is 325.